The maximum Gasteiger partial charge on any atom is 0.142 e. The molecule has 0 spiro atoms. The van der Waals surface area contributed by atoms with Gasteiger partial charge in [-0.25, -0.2) is 0 Å². The van der Waals surface area contributed by atoms with Crippen LogP contribution >= 0.6 is 0 Å². The molecule has 19 heavy (non-hydrogen) atoms. The zero-order valence-corrected chi connectivity index (χ0v) is 13.3. The molecule has 0 aromatic carbocycles. The number of hydrogen-bond acceptors (Lipinski definition) is 3. The molecule has 2 fully saturated rings. The number of likely N-dealkylation sites (N-methyl/N-ethyl adjacent to an activating group) is 2. The first-order valence-corrected chi connectivity index (χ1v) is 7.67. The highest BCUT2D eigenvalue weighted by Gasteiger charge is 2.43. The lowest BCUT2D eigenvalue weighted by atomic mass is 9.75. The van der Waals surface area contributed by atoms with E-state index in [2.05, 4.69) is 44.8 Å². The minimum Gasteiger partial charge on any atom is -0.304 e. The lowest BCUT2D eigenvalue weighted by Crippen LogP contribution is -2.57. The zero-order valence-electron chi connectivity index (χ0n) is 13.3. The lowest BCUT2D eigenvalue weighted by molar-refractivity contribution is -0.128. The highest BCUT2D eigenvalue weighted by Crippen LogP contribution is 2.39. The Morgan fingerprint density at radius 1 is 1.16 bits per heavy atom. The predicted octanol–water partition coefficient (Wildman–Crippen LogP) is 2.41. The number of carbonyl (C=O) groups is 1. The molecule has 2 saturated carbocycles. The Kier molecular flexibility index (Phi) is 4.08. The normalized spacial score (nSPS) is 29.0. The van der Waals surface area contributed by atoms with Gasteiger partial charge >= 0.3 is 0 Å². The first kappa shape index (κ1) is 15.0. The average molecular weight is 266 g/mol. The van der Waals surface area contributed by atoms with Crippen molar-refractivity contribution in [2.24, 2.45) is 11.3 Å². The molecule has 2 aliphatic carbocycles. The molecule has 0 radical (unpaired) electrons. The van der Waals surface area contributed by atoms with E-state index < -0.39 is 0 Å². The van der Waals surface area contributed by atoms with Crippen molar-refractivity contribution in [3.8, 4) is 0 Å². The van der Waals surface area contributed by atoms with Crippen LogP contribution in [0.4, 0.5) is 0 Å². The molecule has 0 aromatic heterocycles. The maximum absolute atomic E-state index is 12.3. The van der Waals surface area contributed by atoms with Crippen molar-refractivity contribution in [3.63, 3.8) is 0 Å². The summed E-state index contributed by atoms with van der Waals surface area (Å²) >= 11 is 0. The SMILES string of the molecule is CN(CC1CCC(C)(C)C1=O)CC1(N(C)C)CCC1. The average Bonchev–Trinajstić information content (AvgIpc) is 2.50. The van der Waals surface area contributed by atoms with Gasteiger partial charge in [-0.15, -0.1) is 0 Å². The number of nitrogens with zero attached hydrogens (tertiary/aromatic N) is 2. The van der Waals surface area contributed by atoms with E-state index in [0.29, 0.717) is 11.3 Å². The Morgan fingerprint density at radius 3 is 2.16 bits per heavy atom. The molecule has 0 heterocycles. The van der Waals surface area contributed by atoms with Gasteiger partial charge in [-0.05, 0) is 53.2 Å². The molecular formula is C16H30N2O. The van der Waals surface area contributed by atoms with E-state index in [1.54, 1.807) is 0 Å². The van der Waals surface area contributed by atoms with E-state index in [1.165, 1.54) is 19.3 Å². The number of carbonyl (C=O) groups excluding carboxylic acids is 1. The lowest BCUT2D eigenvalue weighted by Gasteiger charge is -2.49. The number of hydrogen-bond donors (Lipinski definition) is 0. The Hall–Kier alpha value is -0.410. The molecule has 110 valence electrons. The van der Waals surface area contributed by atoms with Crippen LogP contribution in [0.5, 0.6) is 0 Å². The smallest absolute Gasteiger partial charge is 0.142 e. The monoisotopic (exact) mass is 266 g/mol. The molecule has 0 saturated heterocycles. The standard InChI is InChI=1S/C16H30N2O/c1-15(2)10-7-13(14(15)19)11-18(5)12-16(17(3)4)8-6-9-16/h13H,6-12H2,1-5H3. The van der Waals surface area contributed by atoms with Crippen LogP contribution in [0, 0.1) is 11.3 Å². The predicted molar refractivity (Wildman–Crippen MR) is 79.3 cm³/mol. The van der Waals surface area contributed by atoms with E-state index in [1.807, 2.05) is 0 Å². The second-order valence-electron chi connectivity index (χ2n) is 7.65. The van der Waals surface area contributed by atoms with Crippen molar-refractivity contribution < 1.29 is 4.79 Å². The second-order valence-corrected chi connectivity index (χ2v) is 7.65. The highest BCUT2D eigenvalue weighted by atomic mass is 16.1. The van der Waals surface area contributed by atoms with Gasteiger partial charge in [0.15, 0.2) is 0 Å². The van der Waals surface area contributed by atoms with Crippen molar-refractivity contribution in [1.82, 2.24) is 9.80 Å². The zero-order chi connectivity index (χ0) is 14.3. The minimum atomic E-state index is -0.0821. The fraction of sp³-hybridized carbons (Fsp3) is 0.938. The van der Waals surface area contributed by atoms with Crippen LogP contribution in [0.1, 0.15) is 46.0 Å². The van der Waals surface area contributed by atoms with E-state index in [-0.39, 0.29) is 11.3 Å². The third-order valence-corrected chi connectivity index (χ3v) is 5.48. The first-order valence-electron chi connectivity index (χ1n) is 7.67. The fourth-order valence-electron chi connectivity index (χ4n) is 3.79. The van der Waals surface area contributed by atoms with Gasteiger partial charge in [0.2, 0.25) is 0 Å². The van der Waals surface area contributed by atoms with E-state index >= 15 is 0 Å². The number of rotatable bonds is 5. The molecular weight excluding hydrogens is 236 g/mol. The Bertz CT molecular complexity index is 345. The molecule has 1 unspecified atom stereocenters. The Balaban J connectivity index is 1.88. The molecule has 1 atom stereocenters. The van der Waals surface area contributed by atoms with Crippen LogP contribution in [-0.2, 0) is 4.79 Å². The number of Topliss-reactive ketones (excluding diaryl/α,β-unsaturated/α-hetero) is 1. The quantitative estimate of drug-likeness (QED) is 0.763. The Morgan fingerprint density at radius 2 is 1.79 bits per heavy atom. The van der Waals surface area contributed by atoms with Crippen LogP contribution < -0.4 is 0 Å². The van der Waals surface area contributed by atoms with Crippen molar-refractivity contribution in [1.29, 1.82) is 0 Å². The highest BCUT2D eigenvalue weighted by molar-refractivity contribution is 5.88. The Labute approximate surface area is 118 Å². The summed E-state index contributed by atoms with van der Waals surface area (Å²) < 4.78 is 0. The van der Waals surface area contributed by atoms with Gasteiger partial charge < -0.3 is 9.80 Å². The van der Waals surface area contributed by atoms with Gasteiger partial charge in [-0.3, -0.25) is 4.79 Å². The van der Waals surface area contributed by atoms with E-state index in [4.69, 9.17) is 0 Å². The van der Waals surface area contributed by atoms with Crippen LogP contribution in [0.15, 0.2) is 0 Å². The van der Waals surface area contributed by atoms with Crippen LogP contribution in [0.3, 0.4) is 0 Å². The molecule has 0 aromatic rings. The van der Waals surface area contributed by atoms with Crippen LogP contribution in [0.2, 0.25) is 0 Å². The molecule has 0 amide bonds. The minimum absolute atomic E-state index is 0.0821. The second kappa shape index (κ2) is 5.17. The third kappa shape index (κ3) is 2.87. The van der Waals surface area contributed by atoms with Gasteiger partial charge in [-0.1, -0.05) is 13.8 Å². The maximum atomic E-state index is 12.3. The molecule has 3 heteroatoms. The molecule has 0 bridgehead atoms. The molecule has 2 aliphatic rings. The summed E-state index contributed by atoms with van der Waals surface area (Å²) in [5, 5.41) is 0. The third-order valence-electron chi connectivity index (χ3n) is 5.48. The van der Waals surface area contributed by atoms with Gasteiger partial charge in [0.05, 0.1) is 0 Å². The summed E-state index contributed by atoms with van der Waals surface area (Å²) in [5.74, 6) is 0.742. The molecule has 2 rings (SSSR count). The van der Waals surface area contributed by atoms with Crippen molar-refractivity contribution in [3.05, 3.63) is 0 Å². The summed E-state index contributed by atoms with van der Waals surface area (Å²) in [7, 11) is 6.57. The van der Waals surface area contributed by atoms with Gasteiger partial charge in [-0.2, -0.15) is 0 Å². The van der Waals surface area contributed by atoms with Crippen molar-refractivity contribution in [2.75, 3.05) is 34.2 Å². The van der Waals surface area contributed by atoms with Crippen LogP contribution in [0.25, 0.3) is 0 Å². The van der Waals surface area contributed by atoms with Gasteiger partial charge in [0.25, 0.3) is 0 Å². The summed E-state index contributed by atoms with van der Waals surface area (Å²) in [4.78, 5) is 17.1. The summed E-state index contributed by atoms with van der Waals surface area (Å²) in [6.45, 7) is 6.24. The largest absolute Gasteiger partial charge is 0.304 e. The fourth-order valence-corrected chi connectivity index (χ4v) is 3.79. The van der Waals surface area contributed by atoms with Crippen molar-refractivity contribution >= 4 is 5.78 Å². The van der Waals surface area contributed by atoms with Crippen molar-refractivity contribution in [2.45, 2.75) is 51.5 Å². The van der Waals surface area contributed by atoms with E-state index in [9.17, 15) is 4.79 Å². The first-order chi connectivity index (χ1) is 8.77. The molecule has 0 aliphatic heterocycles. The summed E-state index contributed by atoms with van der Waals surface area (Å²) in [6, 6.07) is 0. The molecule has 3 nitrogen and oxygen atoms in total. The number of ketones is 1. The van der Waals surface area contributed by atoms with Gasteiger partial charge in [0, 0.05) is 30.0 Å². The van der Waals surface area contributed by atoms with Gasteiger partial charge in [0.1, 0.15) is 5.78 Å². The molecule has 0 N–H and O–H groups in total. The van der Waals surface area contributed by atoms with Crippen LogP contribution in [-0.4, -0.2) is 55.4 Å². The summed E-state index contributed by atoms with van der Waals surface area (Å²) in [6.07, 6.45) is 6.08. The van der Waals surface area contributed by atoms with E-state index in [0.717, 1.165) is 25.9 Å². The summed E-state index contributed by atoms with van der Waals surface area (Å²) in [5.41, 5.74) is 0.285. The topological polar surface area (TPSA) is 23.6 Å².